The molecule has 0 saturated carbocycles. The zero-order chi connectivity index (χ0) is 14.5. The van der Waals surface area contributed by atoms with Crippen LogP contribution in [0.25, 0.3) is 0 Å². The third-order valence-corrected chi connectivity index (χ3v) is 3.89. The zero-order valence-electron chi connectivity index (χ0n) is 13.3. The van der Waals surface area contributed by atoms with Gasteiger partial charge in [0.05, 0.1) is 0 Å². The molecule has 1 unspecified atom stereocenters. The molecule has 2 N–H and O–H groups in total. The van der Waals surface area contributed by atoms with Gasteiger partial charge in [-0.15, -0.1) is 37.2 Å². The molecule has 1 aromatic heterocycles. The molecule has 1 saturated heterocycles. The van der Waals surface area contributed by atoms with E-state index in [1.165, 1.54) is 5.56 Å². The van der Waals surface area contributed by atoms with Crippen molar-refractivity contribution in [2.24, 2.45) is 5.73 Å². The molecule has 5 nitrogen and oxygen atoms in total. The van der Waals surface area contributed by atoms with Gasteiger partial charge in [-0.05, 0) is 11.6 Å². The van der Waals surface area contributed by atoms with E-state index >= 15 is 0 Å². The van der Waals surface area contributed by atoms with Crippen LogP contribution in [0.5, 0.6) is 0 Å². The van der Waals surface area contributed by atoms with Crippen LogP contribution in [0.15, 0.2) is 48.8 Å². The fourth-order valence-electron chi connectivity index (χ4n) is 2.67. The lowest BCUT2D eigenvalue weighted by atomic mass is 10.1. The van der Waals surface area contributed by atoms with E-state index in [4.69, 9.17) is 5.73 Å². The molecule has 0 radical (unpaired) electrons. The minimum atomic E-state index is 0. The van der Waals surface area contributed by atoms with Gasteiger partial charge in [-0.1, -0.05) is 30.3 Å². The fraction of sp³-hybridized carbons (Fsp3) is 0.375. The molecule has 134 valence electrons. The first-order valence-corrected chi connectivity index (χ1v) is 7.38. The van der Waals surface area contributed by atoms with Crippen LogP contribution in [0.1, 0.15) is 11.6 Å². The summed E-state index contributed by atoms with van der Waals surface area (Å²) < 4.78 is 0. The molecule has 8 heteroatoms. The Morgan fingerprint density at radius 2 is 1.46 bits per heavy atom. The Bertz CT molecular complexity index is 550. The third kappa shape index (κ3) is 6.07. The predicted octanol–water partition coefficient (Wildman–Crippen LogP) is 2.56. The average molecular weight is 393 g/mol. The number of anilines is 1. The Kier molecular flexibility index (Phi) is 10.9. The van der Waals surface area contributed by atoms with E-state index in [0.29, 0.717) is 0 Å². The average Bonchev–Trinajstić information content (AvgIpc) is 2.57. The summed E-state index contributed by atoms with van der Waals surface area (Å²) in [5, 5.41) is 0. The van der Waals surface area contributed by atoms with Crippen molar-refractivity contribution in [3.8, 4) is 0 Å². The van der Waals surface area contributed by atoms with Gasteiger partial charge in [-0.3, -0.25) is 4.90 Å². The molecule has 3 rings (SSSR count). The first-order valence-electron chi connectivity index (χ1n) is 7.38. The van der Waals surface area contributed by atoms with Crippen LogP contribution in [-0.4, -0.2) is 47.6 Å². The van der Waals surface area contributed by atoms with Crippen molar-refractivity contribution in [3.63, 3.8) is 0 Å². The van der Waals surface area contributed by atoms with Gasteiger partial charge in [0, 0.05) is 51.2 Å². The van der Waals surface area contributed by atoms with Gasteiger partial charge in [0.15, 0.2) is 0 Å². The van der Waals surface area contributed by atoms with Crippen LogP contribution in [0.4, 0.5) is 5.95 Å². The topological polar surface area (TPSA) is 58.3 Å². The summed E-state index contributed by atoms with van der Waals surface area (Å²) in [5.41, 5.74) is 7.49. The summed E-state index contributed by atoms with van der Waals surface area (Å²) in [7, 11) is 0. The fourth-order valence-corrected chi connectivity index (χ4v) is 2.67. The van der Waals surface area contributed by atoms with Gasteiger partial charge in [0.1, 0.15) is 0 Å². The lowest BCUT2D eigenvalue weighted by Crippen LogP contribution is -2.48. The summed E-state index contributed by atoms with van der Waals surface area (Å²) in [5.74, 6) is 0.824. The number of hydrogen-bond donors (Lipinski definition) is 1. The van der Waals surface area contributed by atoms with Crippen LogP contribution in [0, 0.1) is 0 Å². The number of benzene rings is 1. The van der Waals surface area contributed by atoms with E-state index in [2.05, 4.69) is 31.9 Å². The van der Waals surface area contributed by atoms with Crippen molar-refractivity contribution in [1.82, 2.24) is 14.9 Å². The smallest absolute Gasteiger partial charge is 0.225 e. The summed E-state index contributed by atoms with van der Waals surface area (Å²) in [4.78, 5) is 13.3. The number of piperazine rings is 1. The molecule has 1 aromatic carbocycles. The van der Waals surface area contributed by atoms with Crippen LogP contribution < -0.4 is 10.6 Å². The molecule has 2 heterocycles. The third-order valence-electron chi connectivity index (χ3n) is 3.89. The maximum absolute atomic E-state index is 6.29. The Labute approximate surface area is 161 Å². The number of nitrogens with two attached hydrogens (primary N) is 1. The normalized spacial score (nSPS) is 15.5. The number of hydrogen-bond acceptors (Lipinski definition) is 5. The zero-order valence-corrected chi connectivity index (χ0v) is 15.8. The lowest BCUT2D eigenvalue weighted by Gasteiger charge is -2.35. The molecule has 0 aliphatic carbocycles. The van der Waals surface area contributed by atoms with Crippen molar-refractivity contribution in [3.05, 3.63) is 54.4 Å². The second-order valence-electron chi connectivity index (χ2n) is 5.35. The highest BCUT2D eigenvalue weighted by atomic mass is 35.5. The van der Waals surface area contributed by atoms with Gasteiger partial charge < -0.3 is 10.6 Å². The highest BCUT2D eigenvalue weighted by Gasteiger charge is 2.20. The second kappa shape index (κ2) is 11.4. The number of aromatic nitrogens is 2. The van der Waals surface area contributed by atoms with Gasteiger partial charge in [0.2, 0.25) is 5.95 Å². The number of rotatable bonds is 4. The lowest BCUT2D eigenvalue weighted by molar-refractivity contribution is 0.242. The highest BCUT2D eigenvalue weighted by molar-refractivity contribution is 5.86. The summed E-state index contributed by atoms with van der Waals surface area (Å²) in [6.07, 6.45) is 3.58. The van der Waals surface area contributed by atoms with E-state index in [-0.39, 0.29) is 43.3 Å². The molecule has 1 aliphatic heterocycles. The van der Waals surface area contributed by atoms with Crippen molar-refractivity contribution in [2.45, 2.75) is 6.04 Å². The highest BCUT2D eigenvalue weighted by Crippen LogP contribution is 2.14. The Hall–Kier alpha value is -1.11. The Balaban J connectivity index is 0.00000176. The molecule has 0 amide bonds. The van der Waals surface area contributed by atoms with Gasteiger partial charge in [0.25, 0.3) is 0 Å². The first kappa shape index (κ1) is 22.9. The quantitative estimate of drug-likeness (QED) is 0.866. The van der Waals surface area contributed by atoms with Crippen molar-refractivity contribution in [2.75, 3.05) is 37.6 Å². The molecule has 0 bridgehead atoms. The maximum atomic E-state index is 6.29. The van der Waals surface area contributed by atoms with Crippen LogP contribution >= 0.6 is 37.2 Å². The molecule has 1 aliphatic rings. The molecule has 0 spiro atoms. The van der Waals surface area contributed by atoms with E-state index in [1.807, 2.05) is 24.3 Å². The van der Waals surface area contributed by atoms with E-state index in [9.17, 15) is 0 Å². The van der Waals surface area contributed by atoms with E-state index in [1.54, 1.807) is 12.4 Å². The monoisotopic (exact) mass is 391 g/mol. The standard InChI is InChI=1S/C16H21N5.3ClH/c17-15(14-5-2-1-3-6-14)13-20-9-11-21(12-10-20)16-18-7-4-8-19-16;;;/h1-8,15H,9-13,17H2;3*1H. The van der Waals surface area contributed by atoms with Crippen LogP contribution in [0.3, 0.4) is 0 Å². The van der Waals surface area contributed by atoms with Crippen LogP contribution in [0.2, 0.25) is 0 Å². The van der Waals surface area contributed by atoms with Crippen molar-refractivity contribution >= 4 is 43.2 Å². The van der Waals surface area contributed by atoms with Crippen LogP contribution in [-0.2, 0) is 0 Å². The maximum Gasteiger partial charge on any atom is 0.225 e. The largest absolute Gasteiger partial charge is 0.338 e. The predicted molar refractivity (Wildman–Crippen MR) is 106 cm³/mol. The Morgan fingerprint density at radius 1 is 0.875 bits per heavy atom. The van der Waals surface area contributed by atoms with E-state index < -0.39 is 0 Å². The minimum Gasteiger partial charge on any atom is -0.338 e. The number of halogens is 3. The SMILES string of the molecule is Cl.Cl.Cl.NC(CN1CCN(c2ncccn2)CC1)c1ccccc1. The number of nitrogens with zero attached hydrogens (tertiary/aromatic N) is 4. The summed E-state index contributed by atoms with van der Waals surface area (Å²) in [6.45, 7) is 4.79. The minimum absolute atomic E-state index is 0. The molecule has 1 fully saturated rings. The van der Waals surface area contributed by atoms with Crippen molar-refractivity contribution in [1.29, 1.82) is 0 Å². The summed E-state index contributed by atoms with van der Waals surface area (Å²) in [6, 6.07) is 12.2. The van der Waals surface area contributed by atoms with E-state index in [0.717, 1.165) is 38.7 Å². The molecular weight excluding hydrogens is 369 g/mol. The van der Waals surface area contributed by atoms with Gasteiger partial charge in [-0.2, -0.15) is 0 Å². The molecular formula is C16H24Cl3N5. The van der Waals surface area contributed by atoms with Gasteiger partial charge in [-0.25, -0.2) is 9.97 Å². The Morgan fingerprint density at radius 3 is 2.04 bits per heavy atom. The molecule has 2 aromatic rings. The first-order chi connectivity index (χ1) is 10.3. The second-order valence-corrected chi connectivity index (χ2v) is 5.35. The summed E-state index contributed by atoms with van der Waals surface area (Å²) >= 11 is 0. The van der Waals surface area contributed by atoms with Gasteiger partial charge >= 0.3 is 0 Å². The molecule has 24 heavy (non-hydrogen) atoms. The molecule has 1 atom stereocenters. The van der Waals surface area contributed by atoms with Crippen molar-refractivity contribution < 1.29 is 0 Å².